The Hall–Kier alpha value is -3.08. The van der Waals surface area contributed by atoms with Crippen molar-refractivity contribution in [2.75, 3.05) is 0 Å². The Bertz CT molecular complexity index is 1110. The Morgan fingerprint density at radius 2 is 1.85 bits per heavy atom. The smallest absolute Gasteiger partial charge is 0.463 e. The van der Waals surface area contributed by atoms with Gasteiger partial charge in [-0.3, -0.25) is 0 Å². The van der Waals surface area contributed by atoms with Gasteiger partial charge < -0.3 is 19.1 Å². The van der Waals surface area contributed by atoms with Crippen LogP contribution in [-0.2, 0) is 10.3 Å². The van der Waals surface area contributed by atoms with Gasteiger partial charge in [0, 0.05) is 37.1 Å². The van der Waals surface area contributed by atoms with E-state index in [-0.39, 0.29) is 17.8 Å². The lowest BCUT2D eigenvalue weighted by atomic mass is 9.73. The van der Waals surface area contributed by atoms with Crippen LogP contribution in [0.4, 0.5) is 0 Å². The molecule has 1 saturated carbocycles. The molecule has 1 aliphatic rings. The quantitative estimate of drug-likeness (QED) is 0.241. The molecule has 1 heterocycles. The molecular formula is C28H35NO4+2. The van der Waals surface area contributed by atoms with Crippen molar-refractivity contribution < 1.29 is 24.0 Å². The molecule has 1 aromatic heterocycles. The molecule has 0 amide bonds. The molecule has 0 saturated heterocycles. The largest absolute Gasteiger partial charge is 0.558 e. The second-order valence-corrected chi connectivity index (χ2v) is 9.82. The lowest BCUT2D eigenvalue weighted by molar-refractivity contribution is -0.558. The number of benzene rings is 2. The molecule has 0 spiro atoms. The van der Waals surface area contributed by atoms with E-state index in [2.05, 4.69) is 11.9 Å². The fraction of sp³-hybridized carbons (Fsp3) is 0.429. The number of carbonyl (C=O) groups excluding carboxylic acids is 1. The number of hydrogen-bond acceptors (Lipinski definition) is 2. The van der Waals surface area contributed by atoms with E-state index < -0.39 is 17.1 Å². The summed E-state index contributed by atoms with van der Waals surface area (Å²) in [6.07, 6.45) is 3.61. The zero-order valence-corrected chi connectivity index (χ0v) is 20.0. The number of aliphatic hydroxyl groups excluding tert-OH is 1. The number of esters is 1. The summed E-state index contributed by atoms with van der Waals surface area (Å²) in [7, 11) is 0. The van der Waals surface area contributed by atoms with Crippen molar-refractivity contribution in [2.45, 2.75) is 70.4 Å². The van der Waals surface area contributed by atoms with Crippen LogP contribution in [0, 0.1) is 5.92 Å². The highest BCUT2D eigenvalue weighted by atomic mass is 16.6. The van der Waals surface area contributed by atoms with Gasteiger partial charge in [0.05, 0.1) is 0 Å². The molecule has 5 nitrogen and oxygen atoms in total. The van der Waals surface area contributed by atoms with E-state index in [0.29, 0.717) is 12.2 Å². The van der Waals surface area contributed by atoms with Gasteiger partial charge in [-0.1, -0.05) is 61.9 Å². The first-order valence-electron chi connectivity index (χ1n) is 11.9. The van der Waals surface area contributed by atoms with Crippen molar-refractivity contribution in [3.05, 3.63) is 72.0 Å². The van der Waals surface area contributed by atoms with Crippen molar-refractivity contribution in [1.82, 2.24) is 0 Å². The number of fused-ring (bicyclic) bond motifs is 1. The van der Waals surface area contributed by atoms with Crippen LogP contribution in [-0.4, -0.2) is 27.3 Å². The molecule has 0 bridgehead atoms. The monoisotopic (exact) mass is 449 g/mol. The molecule has 3 atom stereocenters. The molecule has 5 heteroatoms. The average molecular weight is 450 g/mol. The van der Waals surface area contributed by atoms with Crippen LogP contribution in [0.2, 0.25) is 0 Å². The van der Waals surface area contributed by atoms with Crippen molar-refractivity contribution in [1.29, 1.82) is 0 Å². The van der Waals surface area contributed by atoms with E-state index in [4.69, 9.17) is 9.15 Å². The summed E-state index contributed by atoms with van der Waals surface area (Å²) in [5.41, 5.74) is 0.153. The zero-order valence-electron chi connectivity index (χ0n) is 20.0. The van der Waals surface area contributed by atoms with Crippen molar-refractivity contribution in [3.8, 4) is 0 Å². The summed E-state index contributed by atoms with van der Waals surface area (Å²) in [5, 5.41) is 12.2. The van der Waals surface area contributed by atoms with Crippen LogP contribution in [0.25, 0.3) is 11.0 Å². The minimum absolute atomic E-state index is 0.0653. The van der Waals surface area contributed by atoms with Crippen molar-refractivity contribution in [2.24, 2.45) is 5.92 Å². The lowest BCUT2D eigenvalue weighted by Crippen LogP contribution is -2.93. The maximum Gasteiger partial charge on any atom is 0.558 e. The predicted molar refractivity (Wildman–Crippen MR) is 131 cm³/mol. The maximum atomic E-state index is 11.4. The Morgan fingerprint density at radius 1 is 1.15 bits per heavy atom. The van der Waals surface area contributed by atoms with Gasteiger partial charge in [0.15, 0.2) is 0 Å². The van der Waals surface area contributed by atoms with Crippen LogP contribution in [0.3, 0.4) is 0 Å². The third kappa shape index (κ3) is 4.54. The summed E-state index contributed by atoms with van der Waals surface area (Å²) < 4.78 is 12.2. The molecule has 33 heavy (non-hydrogen) atoms. The number of aliphatic hydroxyl groups is 1. The molecule has 3 aromatic rings. The van der Waals surface area contributed by atoms with Gasteiger partial charge in [-0.15, -0.1) is 0 Å². The molecule has 3 N–H and O–H groups in total. The molecule has 0 aliphatic heterocycles. The standard InChI is InChI=1S/C28H33NO4/c1-19-12-10-11-17-28(19,26(31)33-27(3,4)22-14-6-5-7-15-22)29-25(30)20(2)24-18-21-13-8-9-16-23(21)32-24/h5-9,13-16,18-20H,10-12,17H2,1-4H3,(H,29,30)/p+2/t19-,20-,28?/m0/s1. The number of para-hydroxylation sites is 1. The van der Waals surface area contributed by atoms with Gasteiger partial charge in [0.1, 0.15) is 17.3 Å². The van der Waals surface area contributed by atoms with Crippen LogP contribution in [0.1, 0.15) is 70.6 Å². The molecule has 1 unspecified atom stereocenters. The minimum atomic E-state index is -0.880. The first-order chi connectivity index (χ1) is 15.7. The van der Waals surface area contributed by atoms with Crippen LogP contribution in [0.5, 0.6) is 0 Å². The van der Waals surface area contributed by atoms with Crippen LogP contribution >= 0.6 is 0 Å². The Balaban J connectivity index is 1.66. The number of rotatable bonds is 6. The lowest BCUT2D eigenvalue weighted by Gasteiger charge is -2.31. The van der Waals surface area contributed by atoms with Gasteiger partial charge in [-0.2, -0.15) is 4.99 Å². The summed E-state index contributed by atoms with van der Waals surface area (Å²) in [5.74, 6) is 0.341. The van der Waals surface area contributed by atoms with Crippen molar-refractivity contribution in [3.63, 3.8) is 0 Å². The molecule has 2 aromatic carbocycles. The van der Waals surface area contributed by atoms with Gasteiger partial charge in [-0.25, -0.2) is 0 Å². The van der Waals surface area contributed by atoms with Crippen LogP contribution < -0.4 is 4.99 Å². The van der Waals surface area contributed by atoms with E-state index >= 15 is 0 Å². The highest BCUT2D eigenvalue weighted by Gasteiger charge is 2.60. The molecule has 174 valence electrons. The van der Waals surface area contributed by atoms with Crippen LogP contribution in [0.15, 0.2) is 65.1 Å². The van der Waals surface area contributed by atoms with Gasteiger partial charge in [0.2, 0.25) is 5.60 Å². The highest BCUT2D eigenvalue weighted by molar-refractivity contribution is 5.84. The fourth-order valence-corrected chi connectivity index (χ4v) is 4.82. The first-order valence-corrected chi connectivity index (χ1v) is 11.9. The summed E-state index contributed by atoms with van der Waals surface area (Å²) in [6, 6.07) is 19.6. The van der Waals surface area contributed by atoms with Gasteiger partial charge >= 0.3 is 17.4 Å². The Labute approximate surface area is 195 Å². The van der Waals surface area contributed by atoms with E-state index in [0.717, 1.165) is 35.8 Å². The fourth-order valence-electron chi connectivity index (χ4n) is 4.82. The summed E-state index contributed by atoms with van der Waals surface area (Å²) in [4.78, 5) is 14.7. The highest BCUT2D eigenvalue weighted by Crippen LogP contribution is 2.35. The van der Waals surface area contributed by atoms with E-state index in [1.54, 1.807) is 0 Å². The Morgan fingerprint density at radius 3 is 2.55 bits per heavy atom. The second-order valence-electron chi connectivity index (χ2n) is 9.82. The SMILES string of the molecule is C[C@H](C(O)=[NH+]C1(C(=[OH+])OC(C)(C)c2ccccc2)CCCC[C@@H]1C)c1cc2ccccc2o1. The number of furan rings is 1. The third-order valence-corrected chi connectivity index (χ3v) is 7.13. The van der Waals surface area contributed by atoms with Gasteiger partial charge in [-0.05, 0) is 31.9 Å². The third-order valence-electron chi connectivity index (χ3n) is 7.13. The predicted octanol–water partition coefficient (Wildman–Crippen LogP) is 4.98. The minimum Gasteiger partial charge on any atom is -0.463 e. The summed E-state index contributed by atoms with van der Waals surface area (Å²) in [6.45, 7) is 7.88. The number of nitrogens with one attached hydrogen (secondary N) is 1. The first kappa shape index (κ1) is 23.1. The topological polar surface area (TPSA) is 78.0 Å². The Kier molecular flexibility index (Phi) is 6.33. The van der Waals surface area contributed by atoms with Crippen molar-refractivity contribution >= 4 is 22.8 Å². The van der Waals surface area contributed by atoms with E-state index in [1.165, 1.54) is 0 Å². The van der Waals surface area contributed by atoms with E-state index in [1.807, 2.05) is 81.4 Å². The molecule has 1 fully saturated rings. The van der Waals surface area contributed by atoms with E-state index in [9.17, 15) is 9.90 Å². The number of hydrogen-bond donors (Lipinski definition) is 2. The maximum absolute atomic E-state index is 11.4. The number of ether oxygens (including phenoxy) is 1. The van der Waals surface area contributed by atoms with Gasteiger partial charge in [0.25, 0.3) is 0 Å². The molecule has 4 rings (SSSR count). The molecular weight excluding hydrogens is 414 g/mol. The second kappa shape index (κ2) is 9.05. The molecule has 0 radical (unpaired) electrons. The normalized spacial score (nSPS) is 22.8. The average Bonchev–Trinajstić information content (AvgIpc) is 3.24. The zero-order chi connectivity index (χ0) is 23.6. The molecule has 1 aliphatic carbocycles. The summed E-state index contributed by atoms with van der Waals surface area (Å²) >= 11 is 0.